The maximum Gasteiger partial charge on any atom is 0.435 e. The number of nitrogens with two attached hydrogens (primary N) is 1. The monoisotopic (exact) mass is 372 g/mol. The molecular weight excluding hydrogens is 357 g/mol. The second-order valence-corrected chi connectivity index (χ2v) is 5.94. The van der Waals surface area contributed by atoms with Crippen molar-refractivity contribution in [1.29, 1.82) is 0 Å². The number of aromatic nitrogens is 4. The maximum absolute atomic E-state index is 12.7. The van der Waals surface area contributed by atoms with Crippen LogP contribution in [-0.4, -0.2) is 19.3 Å². The molecule has 3 N–H and O–H groups in total. The van der Waals surface area contributed by atoms with E-state index in [-0.39, 0.29) is 12.5 Å². The number of imidazole rings is 1. The number of nitrogen functional groups attached to an aromatic ring is 1. The average Bonchev–Trinajstić information content (AvgIpc) is 3.24. The molecule has 0 saturated carbocycles. The Balaban J connectivity index is 1.50. The highest BCUT2D eigenvalue weighted by atomic mass is 19.4. The second-order valence-electron chi connectivity index (χ2n) is 5.94. The molecule has 0 fully saturated rings. The van der Waals surface area contributed by atoms with Gasteiger partial charge in [0.15, 0.2) is 5.69 Å². The first-order valence-electron chi connectivity index (χ1n) is 8.09. The normalized spacial score (nSPS) is 11.8. The number of hydrogen-bond acceptors (Lipinski definition) is 4. The van der Waals surface area contributed by atoms with Crippen LogP contribution in [0, 0.1) is 0 Å². The zero-order valence-corrected chi connectivity index (χ0v) is 14.0. The molecule has 4 aromatic rings. The van der Waals surface area contributed by atoms with Crippen molar-refractivity contribution in [3.63, 3.8) is 0 Å². The zero-order chi connectivity index (χ0) is 19.0. The summed E-state index contributed by atoms with van der Waals surface area (Å²) >= 11 is 0. The summed E-state index contributed by atoms with van der Waals surface area (Å²) in [6.07, 6.45) is -2.77. The molecule has 0 radical (unpaired) electrons. The van der Waals surface area contributed by atoms with Crippen LogP contribution in [0.2, 0.25) is 0 Å². The van der Waals surface area contributed by atoms with Crippen molar-refractivity contribution in [2.75, 3.05) is 11.1 Å². The molecule has 0 aliphatic heterocycles. The SMILES string of the molecule is Nc1cc(C(F)(F)F)nn1CNc1ccc(-n2cnc3ccccc32)cc1. The molecule has 2 aromatic heterocycles. The van der Waals surface area contributed by atoms with Crippen LogP contribution in [0.1, 0.15) is 5.69 Å². The number of para-hydroxylation sites is 2. The number of hydrogen-bond donors (Lipinski definition) is 2. The van der Waals surface area contributed by atoms with E-state index >= 15 is 0 Å². The van der Waals surface area contributed by atoms with Crippen molar-refractivity contribution in [3.8, 4) is 5.69 Å². The largest absolute Gasteiger partial charge is 0.435 e. The van der Waals surface area contributed by atoms with E-state index in [0.717, 1.165) is 33.2 Å². The van der Waals surface area contributed by atoms with Gasteiger partial charge in [-0.2, -0.15) is 18.3 Å². The highest BCUT2D eigenvalue weighted by Crippen LogP contribution is 2.29. The first-order valence-corrected chi connectivity index (χ1v) is 8.09. The van der Waals surface area contributed by atoms with Gasteiger partial charge in [-0.1, -0.05) is 12.1 Å². The first-order chi connectivity index (χ1) is 12.9. The summed E-state index contributed by atoms with van der Waals surface area (Å²) in [6, 6.07) is 16.0. The van der Waals surface area contributed by atoms with Gasteiger partial charge in [0, 0.05) is 17.4 Å². The van der Waals surface area contributed by atoms with Crippen LogP contribution in [0.3, 0.4) is 0 Å². The zero-order valence-electron chi connectivity index (χ0n) is 14.0. The van der Waals surface area contributed by atoms with E-state index in [0.29, 0.717) is 0 Å². The maximum atomic E-state index is 12.7. The number of alkyl halides is 3. The summed E-state index contributed by atoms with van der Waals surface area (Å²) in [5, 5.41) is 6.48. The molecule has 0 aliphatic carbocycles. The fourth-order valence-electron chi connectivity index (χ4n) is 2.77. The molecule has 0 bridgehead atoms. The summed E-state index contributed by atoms with van der Waals surface area (Å²) < 4.78 is 41.1. The predicted molar refractivity (Wildman–Crippen MR) is 96.3 cm³/mol. The summed E-state index contributed by atoms with van der Waals surface area (Å²) in [4.78, 5) is 4.36. The lowest BCUT2D eigenvalue weighted by Gasteiger charge is -2.10. The fourth-order valence-corrected chi connectivity index (χ4v) is 2.77. The molecular formula is C18H15F3N6. The first kappa shape index (κ1) is 17.0. The van der Waals surface area contributed by atoms with Crippen molar-refractivity contribution in [1.82, 2.24) is 19.3 Å². The predicted octanol–water partition coefficient (Wildman–Crippen LogP) is 3.89. The fraction of sp³-hybridized carbons (Fsp3) is 0.111. The number of fused-ring (bicyclic) bond motifs is 1. The van der Waals surface area contributed by atoms with Gasteiger partial charge in [-0.05, 0) is 36.4 Å². The summed E-state index contributed by atoms with van der Waals surface area (Å²) in [7, 11) is 0. The van der Waals surface area contributed by atoms with Gasteiger partial charge in [0.25, 0.3) is 0 Å². The van der Waals surface area contributed by atoms with Gasteiger partial charge in [-0.15, -0.1) is 0 Å². The van der Waals surface area contributed by atoms with Crippen LogP contribution in [0.25, 0.3) is 16.7 Å². The van der Waals surface area contributed by atoms with Crippen molar-refractivity contribution in [2.24, 2.45) is 0 Å². The van der Waals surface area contributed by atoms with Crippen molar-refractivity contribution < 1.29 is 13.2 Å². The number of halogens is 3. The molecule has 2 aromatic carbocycles. The topological polar surface area (TPSA) is 73.7 Å². The minimum atomic E-state index is -4.52. The lowest BCUT2D eigenvalue weighted by atomic mass is 10.2. The molecule has 0 spiro atoms. The van der Waals surface area contributed by atoms with Gasteiger partial charge in [0.2, 0.25) is 0 Å². The lowest BCUT2D eigenvalue weighted by molar-refractivity contribution is -0.141. The molecule has 27 heavy (non-hydrogen) atoms. The Morgan fingerprint density at radius 3 is 2.48 bits per heavy atom. The van der Waals surface area contributed by atoms with Crippen LogP contribution in [-0.2, 0) is 12.8 Å². The van der Waals surface area contributed by atoms with Crippen LogP contribution in [0.15, 0.2) is 60.9 Å². The number of nitrogens with one attached hydrogen (secondary N) is 1. The number of nitrogens with zero attached hydrogens (tertiary/aromatic N) is 4. The Morgan fingerprint density at radius 2 is 1.78 bits per heavy atom. The molecule has 0 unspecified atom stereocenters. The molecule has 6 nitrogen and oxygen atoms in total. The Kier molecular flexibility index (Phi) is 3.98. The molecule has 0 saturated heterocycles. The molecule has 0 atom stereocenters. The van der Waals surface area contributed by atoms with Crippen LogP contribution < -0.4 is 11.1 Å². The lowest BCUT2D eigenvalue weighted by Crippen LogP contribution is -2.13. The summed E-state index contributed by atoms with van der Waals surface area (Å²) in [6.45, 7) is 0.0231. The summed E-state index contributed by atoms with van der Waals surface area (Å²) in [5.74, 6) is -0.0590. The minimum absolute atomic E-state index is 0.0231. The highest BCUT2D eigenvalue weighted by Gasteiger charge is 2.34. The number of rotatable bonds is 4. The highest BCUT2D eigenvalue weighted by molar-refractivity contribution is 5.77. The van der Waals surface area contributed by atoms with E-state index < -0.39 is 11.9 Å². The molecule has 0 aliphatic rings. The third-order valence-electron chi connectivity index (χ3n) is 4.13. The Labute approximate surface area is 152 Å². The average molecular weight is 372 g/mol. The Morgan fingerprint density at radius 1 is 1.04 bits per heavy atom. The van der Waals surface area contributed by atoms with Gasteiger partial charge in [-0.3, -0.25) is 4.57 Å². The van der Waals surface area contributed by atoms with E-state index in [1.165, 1.54) is 0 Å². The van der Waals surface area contributed by atoms with Crippen LogP contribution in [0.4, 0.5) is 24.7 Å². The molecule has 4 rings (SSSR count). The second kappa shape index (κ2) is 6.35. The van der Waals surface area contributed by atoms with Crippen molar-refractivity contribution in [3.05, 3.63) is 66.6 Å². The van der Waals surface area contributed by atoms with Crippen LogP contribution >= 0.6 is 0 Å². The summed E-state index contributed by atoms with van der Waals surface area (Å²) in [5.41, 5.74) is 8.12. The van der Waals surface area contributed by atoms with Gasteiger partial charge < -0.3 is 11.1 Å². The van der Waals surface area contributed by atoms with Gasteiger partial charge in [-0.25, -0.2) is 9.67 Å². The van der Waals surface area contributed by atoms with Gasteiger partial charge >= 0.3 is 6.18 Å². The van der Waals surface area contributed by atoms with E-state index in [2.05, 4.69) is 15.4 Å². The van der Waals surface area contributed by atoms with E-state index in [1.807, 2.05) is 53.1 Å². The third kappa shape index (κ3) is 3.31. The van der Waals surface area contributed by atoms with Gasteiger partial charge in [0.05, 0.1) is 11.0 Å². The Hall–Kier alpha value is -3.49. The number of anilines is 2. The minimum Gasteiger partial charge on any atom is -0.384 e. The van der Waals surface area contributed by atoms with E-state index in [1.54, 1.807) is 6.33 Å². The third-order valence-corrected chi connectivity index (χ3v) is 4.13. The van der Waals surface area contributed by atoms with Gasteiger partial charge in [0.1, 0.15) is 18.8 Å². The number of benzene rings is 2. The molecule has 2 heterocycles. The quantitative estimate of drug-likeness (QED) is 0.570. The van der Waals surface area contributed by atoms with Crippen molar-refractivity contribution in [2.45, 2.75) is 12.8 Å². The molecule has 0 amide bonds. The smallest absolute Gasteiger partial charge is 0.384 e. The van der Waals surface area contributed by atoms with Crippen molar-refractivity contribution >= 4 is 22.5 Å². The van der Waals surface area contributed by atoms with E-state index in [9.17, 15) is 13.2 Å². The molecule has 9 heteroatoms. The van der Waals surface area contributed by atoms with Crippen LogP contribution in [0.5, 0.6) is 0 Å². The standard InChI is InChI=1S/C18H15F3N6/c19-18(20,21)16-9-17(22)27(25-16)11-23-12-5-7-13(8-6-12)26-10-24-14-3-1-2-4-15(14)26/h1-10,23H,11,22H2. The van der Waals surface area contributed by atoms with E-state index in [4.69, 9.17) is 5.73 Å². The molecule has 138 valence electrons. The Bertz CT molecular complexity index is 1080.